The summed E-state index contributed by atoms with van der Waals surface area (Å²) < 4.78 is 26.5. The number of rotatable bonds is 5. The Balaban J connectivity index is 2.31. The molecule has 2 rings (SSSR count). The molecule has 0 saturated heterocycles. The van der Waals surface area contributed by atoms with Gasteiger partial charge in [-0.3, -0.25) is 0 Å². The van der Waals surface area contributed by atoms with Crippen molar-refractivity contribution in [3.8, 4) is 0 Å². The van der Waals surface area contributed by atoms with Crippen LogP contribution >= 0.6 is 0 Å². The number of aryl methyl sites for hydroxylation is 1. The Morgan fingerprint density at radius 1 is 1.35 bits per heavy atom. The van der Waals surface area contributed by atoms with E-state index in [1.807, 2.05) is 6.92 Å². The molecule has 0 amide bonds. The van der Waals surface area contributed by atoms with E-state index in [4.69, 9.17) is 0 Å². The zero-order valence-corrected chi connectivity index (χ0v) is 10.6. The molecule has 5 heteroatoms. The molecule has 0 atom stereocenters. The largest absolute Gasteiger partial charge is 0.392 e. The molecule has 0 spiro atoms. The highest BCUT2D eigenvalue weighted by Crippen LogP contribution is 2.23. The summed E-state index contributed by atoms with van der Waals surface area (Å²) >= 11 is 0. The Hall–Kier alpha value is -0.910. The molecule has 1 aliphatic carbocycles. The SMILES string of the molecule is CCc1ccc(S(=O)(=O)NC2CC2)cc1CO. The summed E-state index contributed by atoms with van der Waals surface area (Å²) in [5.41, 5.74) is 1.67. The first-order valence-electron chi connectivity index (χ1n) is 5.82. The van der Waals surface area contributed by atoms with Gasteiger partial charge in [0.15, 0.2) is 0 Å². The normalized spacial score (nSPS) is 16.1. The Kier molecular flexibility index (Phi) is 3.51. The number of hydrogen-bond acceptors (Lipinski definition) is 3. The summed E-state index contributed by atoms with van der Waals surface area (Å²) in [4.78, 5) is 0.241. The highest BCUT2D eigenvalue weighted by Gasteiger charge is 2.28. The summed E-state index contributed by atoms with van der Waals surface area (Å²) in [6.07, 6.45) is 2.62. The van der Waals surface area contributed by atoms with E-state index in [0.717, 1.165) is 24.8 Å². The molecule has 2 N–H and O–H groups in total. The summed E-state index contributed by atoms with van der Waals surface area (Å²) in [6.45, 7) is 1.85. The minimum absolute atomic E-state index is 0.100. The molecular weight excluding hydrogens is 238 g/mol. The maximum atomic E-state index is 12.0. The van der Waals surface area contributed by atoms with E-state index < -0.39 is 10.0 Å². The van der Waals surface area contributed by atoms with E-state index in [2.05, 4.69) is 4.72 Å². The van der Waals surface area contributed by atoms with Crippen LogP contribution in [0.5, 0.6) is 0 Å². The van der Waals surface area contributed by atoms with Crippen LogP contribution in [0, 0.1) is 0 Å². The van der Waals surface area contributed by atoms with Gasteiger partial charge in [-0.1, -0.05) is 13.0 Å². The van der Waals surface area contributed by atoms with Gasteiger partial charge in [0.25, 0.3) is 0 Å². The van der Waals surface area contributed by atoms with E-state index in [1.54, 1.807) is 18.2 Å². The van der Waals surface area contributed by atoms with Crippen LogP contribution in [-0.2, 0) is 23.1 Å². The van der Waals surface area contributed by atoms with Crippen LogP contribution in [-0.4, -0.2) is 19.6 Å². The first-order chi connectivity index (χ1) is 8.06. The van der Waals surface area contributed by atoms with Crippen molar-refractivity contribution in [2.24, 2.45) is 0 Å². The third kappa shape index (κ3) is 2.86. The maximum Gasteiger partial charge on any atom is 0.240 e. The van der Waals surface area contributed by atoms with Gasteiger partial charge in [-0.25, -0.2) is 13.1 Å². The second-order valence-corrected chi connectivity index (χ2v) is 6.05. The molecule has 0 aromatic heterocycles. The second-order valence-electron chi connectivity index (χ2n) is 4.34. The fraction of sp³-hybridized carbons (Fsp3) is 0.500. The number of aliphatic hydroxyl groups excluding tert-OH is 1. The molecule has 0 heterocycles. The first kappa shape index (κ1) is 12.5. The van der Waals surface area contributed by atoms with E-state index in [9.17, 15) is 13.5 Å². The molecule has 1 aliphatic rings. The number of sulfonamides is 1. The van der Waals surface area contributed by atoms with Crippen molar-refractivity contribution in [3.63, 3.8) is 0 Å². The zero-order valence-electron chi connectivity index (χ0n) is 9.81. The van der Waals surface area contributed by atoms with Gasteiger partial charge in [0, 0.05) is 6.04 Å². The Morgan fingerprint density at radius 3 is 2.59 bits per heavy atom. The van der Waals surface area contributed by atoms with Crippen LogP contribution in [0.25, 0.3) is 0 Å². The lowest BCUT2D eigenvalue weighted by atomic mass is 10.1. The average molecular weight is 255 g/mol. The molecule has 0 aliphatic heterocycles. The van der Waals surface area contributed by atoms with Crippen molar-refractivity contribution in [1.29, 1.82) is 0 Å². The van der Waals surface area contributed by atoms with Crippen LogP contribution in [0.1, 0.15) is 30.9 Å². The molecule has 4 nitrogen and oxygen atoms in total. The molecule has 17 heavy (non-hydrogen) atoms. The number of hydrogen-bond donors (Lipinski definition) is 2. The Bertz CT molecular complexity index is 506. The lowest BCUT2D eigenvalue weighted by Gasteiger charge is -2.09. The Morgan fingerprint density at radius 2 is 2.06 bits per heavy atom. The van der Waals surface area contributed by atoms with Gasteiger partial charge < -0.3 is 5.11 Å². The van der Waals surface area contributed by atoms with Gasteiger partial charge in [-0.15, -0.1) is 0 Å². The zero-order chi connectivity index (χ0) is 12.5. The molecular formula is C12H17NO3S. The minimum Gasteiger partial charge on any atom is -0.392 e. The van der Waals surface area contributed by atoms with E-state index in [-0.39, 0.29) is 17.5 Å². The van der Waals surface area contributed by atoms with E-state index in [1.165, 1.54) is 0 Å². The predicted octanol–water partition coefficient (Wildman–Crippen LogP) is 1.18. The molecule has 1 saturated carbocycles. The number of nitrogens with one attached hydrogen (secondary N) is 1. The number of benzene rings is 1. The van der Waals surface area contributed by atoms with Crippen molar-refractivity contribution >= 4 is 10.0 Å². The standard InChI is InChI=1S/C12H17NO3S/c1-2-9-3-6-12(7-10(9)8-14)17(15,16)13-11-4-5-11/h3,6-7,11,13-14H,2,4-5,8H2,1H3. The van der Waals surface area contributed by atoms with Gasteiger partial charge >= 0.3 is 0 Å². The molecule has 1 aromatic rings. The van der Waals surface area contributed by atoms with Crippen molar-refractivity contribution in [1.82, 2.24) is 4.72 Å². The summed E-state index contributed by atoms with van der Waals surface area (Å²) in [5.74, 6) is 0. The van der Waals surface area contributed by atoms with Gasteiger partial charge in [-0.2, -0.15) is 0 Å². The predicted molar refractivity (Wildman–Crippen MR) is 65.1 cm³/mol. The van der Waals surface area contributed by atoms with Crippen molar-refractivity contribution in [2.45, 2.75) is 43.7 Å². The minimum atomic E-state index is -3.42. The average Bonchev–Trinajstić information content (AvgIpc) is 3.11. The van der Waals surface area contributed by atoms with Crippen LogP contribution in [0.15, 0.2) is 23.1 Å². The highest BCUT2D eigenvalue weighted by molar-refractivity contribution is 7.89. The van der Waals surface area contributed by atoms with Crippen LogP contribution in [0.4, 0.5) is 0 Å². The topological polar surface area (TPSA) is 66.4 Å². The van der Waals surface area contributed by atoms with Gasteiger partial charge in [0.05, 0.1) is 11.5 Å². The van der Waals surface area contributed by atoms with Crippen molar-refractivity contribution < 1.29 is 13.5 Å². The van der Waals surface area contributed by atoms with Crippen LogP contribution in [0.3, 0.4) is 0 Å². The van der Waals surface area contributed by atoms with Crippen molar-refractivity contribution in [2.75, 3.05) is 0 Å². The molecule has 1 fully saturated rings. The lowest BCUT2D eigenvalue weighted by molar-refractivity contribution is 0.280. The third-order valence-corrected chi connectivity index (χ3v) is 4.46. The molecule has 0 radical (unpaired) electrons. The van der Waals surface area contributed by atoms with Gasteiger partial charge in [0.2, 0.25) is 10.0 Å². The summed E-state index contributed by atoms with van der Waals surface area (Å²) in [5, 5.41) is 9.22. The van der Waals surface area contributed by atoms with Gasteiger partial charge in [-0.05, 0) is 42.5 Å². The monoisotopic (exact) mass is 255 g/mol. The molecule has 0 bridgehead atoms. The summed E-state index contributed by atoms with van der Waals surface area (Å²) in [6, 6.07) is 5.03. The highest BCUT2D eigenvalue weighted by atomic mass is 32.2. The lowest BCUT2D eigenvalue weighted by Crippen LogP contribution is -2.25. The fourth-order valence-corrected chi connectivity index (χ4v) is 3.11. The van der Waals surface area contributed by atoms with Crippen molar-refractivity contribution in [3.05, 3.63) is 29.3 Å². The second kappa shape index (κ2) is 4.76. The quantitative estimate of drug-likeness (QED) is 0.830. The molecule has 94 valence electrons. The first-order valence-corrected chi connectivity index (χ1v) is 7.30. The van der Waals surface area contributed by atoms with E-state index in [0.29, 0.717) is 5.56 Å². The molecule has 0 unspecified atom stereocenters. The van der Waals surface area contributed by atoms with Gasteiger partial charge in [0.1, 0.15) is 0 Å². The number of aliphatic hydroxyl groups is 1. The fourth-order valence-electron chi connectivity index (χ4n) is 1.75. The van der Waals surface area contributed by atoms with E-state index >= 15 is 0 Å². The molecule has 1 aromatic carbocycles. The maximum absolute atomic E-state index is 12.0. The summed E-state index contributed by atoms with van der Waals surface area (Å²) in [7, 11) is -3.42. The van der Waals surface area contributed by atoms with Crippen LogP contribution in [0.2, 0.25) is 0 Å². The Labute approximate surface area is 102 Å². The van der Waals surface area contributed by atoms with Crippen LogP contribution < -0.4 is 4.72 Å². The third-order valence-electron chi connectivity index (χ3n) is 2.94. The smallest absolute Gasteiger partial charge is 0.240 e.